The molecule has 0 unspecified atom stereocenters. The number of amides is 3. The van der Waals surface area contributed by atoms with Crippen LogP contribution in [0.25, 0.3) is 10.4 Å². The minimum atomic E-state index is -1.70. The van der Waals surface area contributed by atoms with Crippen LogP contribution in [-0.2, 0) is 60.1 Å². The molecule has 0 radical (unpaired) electrons. The zero-order valence-corrected chi connectivity index (χ0v) is 45.1. The number of anilines is 2. The van der Waals surface area contributed by atoms with Crippen LogP contribution >= 0.6 is 0 Å². The molecule has 0 aromatic heterocycles. The number of nitrogens with zero attached hydrogens (tertiary/aromatic N) is 7. The van der Waals surface area contributed by atoms with Crippen LogP contribution in [0.5, 0.6) is 34.5 Å². The van der Waals surface area contributed by atoms with E-state index < -0.39 is 52.7 Å². The van der Waals surface area contributed by atoms with Crippen molar-refractivity contribution in [2.75, 3.05) is 104 Å². The van der Waals surface area contributed by atoms with Crippen molar-refractivity contribution in [2.24, 2.45) is 5.11 Å². The molecule has 0 aliphatic carbocycles. The normalized spacial score (nSPS) is 14.1. The van der Waals surface area contributed by atoms with E-state index in [0.29, 0.717) is 78.1 Å². The average Bonchev–Trinajstić information content (AvgIpc) is 1.76. The number of aryl methyl sites for hydroxylation is 2. The number of nitro groups is 2. The number of esters is 1. The smallest absolute Gasteiger partial charge is 0.414 e. The summed E-state index contributed by atoms with van der Waals surface area (Å²) in [6.07, 6.45) is 0.256. The first-order valence-corrected chi connectivity index (χ1v) is 25.8. The first-order chi connectivity index (χ1) is 39.7. The second-order valence-corrected chi connectivity index (χ2v) is 18.7. The highest BCUT2D eigenvalue weighted by atomic mass is 16.6. The number of carbonyl (C=O) groups excluding carboxylic acids is 4. The van der Waals surface area contributed by atoms with Gasteiger partial charge in [0, 0.05) is 65.5 Å². The summed E-state index contributed by atoms with van der Waals surface area (Å²) >= 11 is 0. The van der Waals surface area contributed by atoms with Crippen LogP contribution in [0.15, 0.2) is 71.8 Å². The Kier molecular flexibility index (Phi) is 17.7. The van der Waals surface area contributed by atoms with Crippen LogP contribution in [0.1, 0.15) is 72.5 Å². The van der Waals surface area contributed by atoms with Gasteiger partial charge in [-0.2, -0.15) is 0 Å². The third-order valence-electron chi connectivity index (χ3n) is 14.1. The lowest BCUT2D eigenvalue weighted by Crippen LogP contribution is -2.38. The Morgan fingerprint density at radius 3 is 1.65 bits per heavy atom. The van der Waals surface area contributed by atoms with Gasteiger partial charge in [-0.15, -0.1) is 0 Å². The monoisotopic (exact) mass is 1130 g/mol. The molecule has 9 rings (SSSR count). The van der Waals surface area contributed by atoms with Crippen molar-refractivity contribution >= 4 is 46.8 Å². The molecule has 0 saturated carbocycles. The van der Waals surface area contributed by atoms with Crippen molar-refractivity contribution in [1.29, 1.82) is 0 Å². The number of ether oxygens (including phenoxy) is 11. The van der Waals surface area contributed by atoms with E-state index in [2.05, 4.69) is 15.3 Å². The van der Waals surface area contributed by atoms with E-state index in [0.717, 1.165) is 0 Å². The molecule has 1 spiro atoms. The molecule has 5 aromatic carbocycles. The van der Waals surface area contributed by atoms with Crippen molar-refractivity contribution in [2.45, 2.75) is 44.5 Å². The van der Waals surface area contributed by atoms with Crippen LogP contribution in [0.2, 0.25) is 0 Å². The Labute approximate surface area is 467 Å². The molecule has 1 N–H and O–H groups in total. The van der Waals surface area contributed by atoms with Crippen LogP contribution in [0.3, 0.4) is 0 Å². The molecule has 27 heteroatoms. The summed E-state index contributed by atoms with van der Waals surface area (Å²) in [6, 6.07) is 16.6. The molecule has 430 valence electrons. The van der Waals surface area contributed by atoms with Crippen LogP contribution in [-0.4, -0.2) is 128 Å². The van der Waals surface area contributed by atoms with E-state index in [1.54, 1.807) is 36.4 Å². The van der Waals surface area contributed by atoms with E-state index in [1.165, 1.54) is 68.6 Å². The fourth-order valence-electron chi connectivity index (χ4n) is 10.3. The number of carbonyl (C=O) groups is 4. The molecule has 82 heavy (non-hydrogen) atoms. The summed E-state index contributed by atoms with van der Waals surface area (Å²) in [7, 11) is 5.42. The Bertz CT molecular complexity index is 3230. The maximum atomic E-state index is 14.4. The number of azide groups is 1. The fraction of sp³-hybridized carbons (Fsp3) is 0.382. The van der Waals surface area contributed by atoms with Gasteiger partial charge in [0.2, 0.25) is 0 Å². The molecular weight excluding hydrogens is 1080 g/mol. The van der Waals surface area contributed by atoms with Gasteiger partial charge in [0.25, 0.3) is 17.3 Å². The van der Waals surface area contributed by atoms with Crippen LogP contribution in [0.4, 0.5) is 32.3 Å². The molecule has 5 aromatic rings. The maximum Gasteiger partial charge on any atom is 0.414 e. The van der Waals surface area contributed by atoms with Gasteiger partial charge >= 0.3 is 18.2 Å². The number of rotatable bonds is 23. The van der Waals surface area contributed by atoms with Gasteiger partial charge in [0.1, 0.15) is 24.7 Å². The Morgan fingerprint density at radius 1 is 0.671 bits per heavy atom. The van der Waals surface area contributed by atoms with Gasteiger partial charge in [-0.3, -0.25) is 34.8 Å². The number of hydrogen-bond acceptors (Lipinski definition) is 20. The quantitative estimate of drug-likeness (QED) is 0.00937. The maximum absolute atomic E-state index is 14.4. The van der Waals surface area contributed by atoms with Crippen LogP contribution in [0, 0.1) is 20.2 Å². The van der Waals surface area contributed by atoms with Gasteiger partial charge < -0.3 is 57.4 Å². The summed E-state index contributed by atoms with van der Waals surface area (Å²) in [5.41, 5.74) is 9.60. The van der Waals surface area contributed by atoms with E-state index in [9.17, 15) is 39.4 Å². The molecule has 0 saturated heterocycles. The van der Waals surface area contributed by atoms with E-state index in [4.69, 9.17) is 57.6 Å². The average molecular weight is 1130 g/mol. The van der Waals surface area contributed by atoms with Gasteiger partial charge in [-0.25, -0.2) is 14.4 Å². The third-order valence-corrected chi connectivity index (χ3v) is 14.1. The lowest BCUT2D eigenvalue weighted by atomic mass is 9.75. The molecular formula is C55H56N8O19. The lowest BCUT2D eigenvalue weighted by Gasteiger charge is -2.40. The largest absolute Gasteiger partial charge is 0.493 e. The van der Waals surface area contributed by atoms with Gasteiger partial charge in [-0.1, -0.05) is 11.2 Å². The number of fused-ring (bicyclic) bond motifs is 8. The summed E-state index contributed by atoms with van der Waals surface area (Å²) in [5, 5.41) is 30.4. The molecule has 27 nitrogen and oxygen atoms in total. The topological polar surface area (TPSA) is 323 Å². The first-order valence-electron chi connectivity index (χ1n) is 25.8. The molecule has 4 aliphatic heterocycles. The second-order valence-electron chi connectivity index (χ2n) is 18.7. The number of nitro benzene ring substituents is 2. The second kappa shape index (κ2) is 25.4. The fourth-order valence-corrected chi connectivity index (χ4v) is 10.3. The standard InChI is InChI=1S/C55H56N8O19/c1-72-47-24-35(43(62(68)69)28-49(47)74-3)30-79-53(66)60-13-5-7-32-22-39-45(26-41(32)60)81-46-27-42-33(8-6-14-61(42)54(67)80-31-36-25-48(73-2)50(75-4)29-44(36)63(70)71)23-40(46)55(39)38-10-9-34(21-37(38)52(65)82-55)51(64)57-11-15-76-17-19-78-20-18-77-16-12-58-59-56/h9-10,21-29H,5-8,11-20,30-31H2,1-4H3,(H,57,64). The zero-order chi connectivity index (χ0) is 58.1. The SMILES string of the molecule is COc1cc(COC(=O)N2CCCc3cc4c(cc32)Oc2cc3c(cc2C42OC(=O)c4cc(C(=O)NCCOCCOCCOCCN=[N+]=[N-])ccc42)CCCN3C(=O)OCc2cc(OC)c(OC)cc2[N+](=O)[O-])c([N+](=O)[O-])cc1OC. The summed E-state index contributed by atoms with van der Waals surface area (Å²) in [4.78, 5) is 84.7. The van der Waals surface area contributed by atoms with E-state index in [-0.39, 0.29) is 121 Å². The highest BCUT2D eigenvalue weighted by molar-refractivity contribution is 6.02. The van der Waals surface area contributed by atoms with Crippen molar-refractivity contribution in [3.05, 3.63) is 147 Å². The van der Waals surface area contributed by atoms with E-state index in [1.807, 2.05) is 0 Å². The van der Waals surface area contributed by atoms with Crippen molar-refractivity contribution < 1.29 is 81.1 Å². The number of nitrogens with one attached hydrogen (secondary N) is 1. The highest BCUT2D eigenvalue weighted by Gasteiger charge is 2.55. The van der Waals surface area contributed by atoms with Crippen LogP contribution < -0.4 is 38.8 Å². The predicted octanol–water partition coefficient (Wildman–Crippen LogP) is 8.37. The molecule has 4 heterocycles. The van der Waals surface area contributed by atoms with Crippen molar-refractivity contribution in [1.82, 2.24) is 5.32 Å². The Hall–Kier alpha value is -9.43. The minimum absolute atomic E-state index is 0.0540. The molecule has 0 atom stereocenters. The van der Waals surface area contributed by atoms with Gasteiger partial charge in [-0.05, 0) is 78.7 Å². The highest BCUT2D eigenvalue weighted by Crippen LogP contribution is 2.59. The van der Waals surface area contributed by atoms with Gasteiger partial charge in [0.05, 0.1) is 118 Å². The summed E-state index contributed by atoms with van der Waals surface area (Å²) < 4.78 is 62.5. The third kappa shape index (κ3) is 11.6. The molecule has 0 bridgehead atoms. The minimum Gasteiger partial charge on any atom is -0.493 e. The molecule has 4 aliphatic rings. The summed E-state index contributed by atoms with van der Waals surface area (Å²) in [6.45, 7) is 1.40. The Balaban J connectivity index is 1.01. The van der Waals surface area contributed by atoms with Crippen molar-refractivity contribution in [3.63, 3.8) is 0 Å². The number of hydrogen-bond donors (Lipinski definition) is 1. The summed E-state index contributed by atoms with van der Waals surface area (Å²) in [5.74, 6) is -0.285. The number of benzene rings is 5. The lowest BCUT2D eigenvalue weighted by molar-refractivity contribution is -0.386. The molecule has 3 amide bonds. The van der Waals surface area contributed by atoms with E-state index >= 15 is 0 Å². The number of methoxy groups -OCH3 is 4. The zero-order valence-electron chi connectivity index (χ0n) is 45.1. The first kappa shape index (κ1) is 57.3. The van der Waals surface area contributed by atoms with Crippen molar-refractivity contribution in [3.8, 4) is 34.5 Å². The Morgan fingerprint density at radius 2 is 1.16 bits per heavy atom. The van der Waals surface area contributed by atoms with Gasteiger partial charge in [0.15, 0.2) is 28.6 Å². The predicted molar refractivity (Wildman–Crippen MR) is 288 cm³/mol. The molecule has 0 fully saturated rings.